The van der Waals surface area contributed by atoms with Gasteiger partial charge in [-0.2, -0.15) is 0 Å². The van der Waals surface area contributed by atoms with Gasteiger partial charge in [0.25, 0.3) is 0 Å². The van der Waals surface area contributed by atoms with Crippen molar-refractivity contribution >= 4 is 17.3 Å². The minimum Gasteiger partial charge on any atom is -0.489 e. The van der Waals surface area contributed by atoms with E-state index in [9.17, 15) is 4.79 Å². The van der Waals surface area contributed by atoms with E-state index in [4.69, 9.17) is 9.47 Å². The van der Waals surface area contributed by atoms with Crippen molar-refractivity contribution in [3.63, 3.8) is 0 Å². The molecule has 0 saturated heterocycles. The van der Waals surface area contributed by atoms with Gasteiger partial charge < -0.3 is 9.47 Å². The van der Waals surface area contributed by atoms with E-state index in [1.807, 2.05) is 67.7 Å². The van der Waals surface area contributed by atoms with Crippen molar-refractivity contribution in [1.29, 1.82) is 0 Å². The summed E-state index contributed by atoms with van der Waals surface area (Å²) in [6, 6.07) is 18.1. The summed E-state index contributed by atoms with van der Waals surface area (Å²) in [6.07, 6.45) is 2.92. The molecule has 1 atom stereocenters. The maximum absolute atomic E-state index is 11.8. The Morgan fingerprint density at radius 1 is 1.07 bits per heavy atom. The van der Waals surface area contributed by atoms with Crippen molar-refractivity contribution < 1.29 is 14.3 Å². The number of ether oxygens (including phenoxy) is 2. The van der Waals surface area contributed by atoms with Gasteiger partial charge in [0.1, 0.15) is 12.4 Å². The van der Waals surface area contributed by atoms with E-state index >= 15 is 0 Å². The Kier molecular flexibility index (Phi) is 6.60. The average Bonchev–Trinajstić information content (AvgIpc) is 3.14. The largest absolute Gasteiger partial charge is 0.489 e. The Morgan fingerprint density at radius 2 is 1.81 bits per heavy atom. The molecule has 0 aliphatic carbocycles. The molecule has 5 heteroatoms. The van der Waals surface area contributed by atoms with Crippen LogP contribution in [-0.4, -0.2) is 18.1 Å². The van der Waals surface area contributed by atoms with Crippen molar-refractivity contribution in [2.45, 2.75) is 32.3 Å². The van der Waals surface area contributed by atoms with E-state index in [1.54, 1.807) is 11.3 Å². The highest BCUT2D eigenvalue weighted by molar-refractivity contribution is 7.11. The fraction of sp³-hybridized carbons (Fsp3) is 0.273. The summed E-state index contributed by atoms with van der Waals surface area (Å²) in [5.74, 6) is 0.639. The number of rotatable bonds is 8. The summed E-state index contributed by atoms with van der Waals surface area (Å²) in [5.41, 5.74) is 2.28. The zero-order chi connectivity index (χ0) is 19.1. The van der Waals surface area contributed by atoms with E-state index in [0.29, 0.717) is 13.0 Å². The number of nitrogens with zero attached hydrogens (tertiary/aromatic N) is 1. The van der Waals surface area contributed by atoms with Gasteiger partial charge in [-0.05, 0) is 36.6 Å². The fourth-order valence-corrected chi connectivity index (χ4v) is 3.71. The van der Waals surface area contributed by atoms with Gasteiger partial charge in [-0.15, -0.1) is 11.3 Å². The molecular weight excluding hydrogens is 358 g/mol. The maximum atomic E-state index is 11.8. The molecule has 4 nitrogen and oxygen atoms in total. The van der Waals surface area contributed by atoms with E-state index in [0.717, 1.165) is 33.2 Å². The van der Waals surface area contributed by atoms with Crippen LogP contribution < -0.4 is 4.74 Å². The van der Waals surface area contributed by atoms with Gasteiger partial charge >= 0.3 is 5.97 Å². The summed E-state index contributed by atoms with van der Waals surface area (Å²) in [6.45, 7) is 2.57. The highest BCUT2D eigenvalue weighted by Crippen LogP contribution is 2.29. The van der Waals surface area contributed by atoms with E-state index in [-0.39, 0.29) is 11.9 Å². The van der Waals surface area contributed by atoms with Gasteiger partial charge in [0.15, 0.2) is 0 Å². The lowest BCUT2D eigenvalue weighted by Crippen LogP contribution is -2.11. The molecule has 3 rings (SSSR count). The molecule has 3 aromatic rings. The number of aryl methyl sites for hydroxylation is 1. The quantitative estimate of drug-likeness (QED) is 0.520. The Labute approximate surface area is 163 Å². The summed E-state index contributed by atoms with van der Waals surface area (Å²) < 4.78 is 10.7. The number of hydrogen-bond donors (Lipinski definition) is 0. The first kappa shape index (κ1) is 19.1. The van der Waals surface area contributed by atoms with Gasteiger partial charge in [-0.1, -0.05) is 42.5 Å². The number of carbonyl (C=O) groups is 1. The molecule has 2 aromatic carbocycles. The molecule has 0 radical (unpaired) electrons. The van der Waals surface area contributed by atoms with Crippen LogP contribution in [0.1, 0.15) is 33.4 Å². The third kappa shape index (κ3) is 5.66. The molecule has 1 aromatic heterocycles. The highest BCUT2D eigenvalue weighted by atomic mass is 32.1. The Hall–Kier alpha value is -2.66. The Balaban J connectivity index is 1.64. The Morgan fingerprint density at radius 3 is 2.44 bits per heavy atom. The van der Waals surface area contributed by atoms with Crippen molar-refractivity contribution in [1.82, 2.24) is 4.98 Å². The standard InChI is InChI=1S/C22H23NO3S/c1-16-14-23-22(27-16)19(13-21(24)25-2)12-17-8-10-20(11-9-17)26-15-18-6-4-3-5-7-18/h3-11,14,19H,12-13,15H2,1-2H3. The lowest BCUT2D eigenvalue weighted by atomic mass is 9.96. The van der Waals surface area contributed by atoms with Gasteiger partial charge in [0.05, 0.1) is 18.5 Å². The summed E-state index contributed by atoms with van der Waals surface area (Å²) >= 11 is 1.63. The molecule has 0 saturated carbocycles. The van der Waals surface area contributed by atoms with Gasteiger partial charge in [-0.25, -0.2) is 4.98 Å². The predicted molar refractivity (Wildman–Crippen MR) is 107 cm³/mol. The highest BCUT2D eigenvalue weighted by Gasteiger charge is 2.20. The molecule has 0 aliphatic rings. The zero-order valence-corrected chi connectivity index (χ0v) is 16.4. The van der Waals surface area contributed by atoms with Gasteiger partial charge in [0.2, 0.25) is 0 Å². The summed E-state index contributed by atoms with van der Waals surface area (Å²) in [4.78, 5) is 17.4. The van der Waals surface area contributed by atoms with E-state index < -0.39 is 0 Å². The molecule has 0 bridgehead atoms. The smallest absolute Gasteiger partial charge is 0.306 e. The lowest BCUT2D eigenvalue weighted by Gasteiger charge is -2.14. The van der Waals surface area contributed by atoms with Gasteiger partial charge in [0, 0.05) is 17.0 Å². The zero-order valence-electron chi connectivity index (χ0n) is 15.6. The first-order chi connectivity index (χ1) is 13.1. The third-order valence-corrected chi connectivity index (χ3v) is 5.36. The monoisotopic (exact) mass is 381 g/mol. The second kappa shape index (κ2) is 9.33. The third-order valence-electron chi connectivity index (χ3n) is 4.28. The number of thiazole rings is 1. The SMILES string of the molecule is COC(=O)CC(Cc1ccc(OCc2ccccc2)cc1)c1ncc(C)s1. The van der Waals surface area contributed by atoms with Crippen LogP contribution in [0, 0.1) is 6.92 Å². The summed E-state index contributed by atoms with van der Waals surface area (Å²) in [7, 11) is 1.42. The molecule has 140 valence electrons. The first-order valence-corrected chi connectivity index (χ1v) is 9.70. The second-order valence-electron chi connectivity index (χ2n) is 6.41. The number of aromatic nitrogens is 1. The van der Waals surface area contributed by atoms with Crippen LogP contribution in [0.15, 0.2) is 60.8 Å². The van der Waals surface area contributed by atoms with E-state index in [2.05, 4.69) is 4.98 Å². The number of methoxy groups -OCH3 is 1. The van der Waals surface area contributed by atoms with Crippen molar-refractivity contribution in [2.24, 2.45) is 0 Å². The number of benzene rings is 2. The molecule has 0 fully saturated rings. The van der Waals surface area contributed by atoms with Crippen LogP contribution in [0.4, 0.5) is 0 Å². The van der Waals surface area contributed by atoms with Crippen LogP contribution in [-0.2, 0) is 22.6 Å². The Bertz CT molecular complexity index is 859. The lowest BCUT2D eigenvalue weighted by molar-refractivity contribution is -0.141. The van der Waals surface area contributed by atoms with Crippen LogP contribution >= 0.6 is 11.3 Å². The number of esters is 1. The molecule has 0 amide bonds. The molecule has 0 spiro atoms. The molecule has 0 aliphatic heterocycles. The summed E-state index contributed by atoms with van der Waals surface area (Å²) in [5, 5.41) is 0.974. The van der Waals surface area contributed by atoms with Crippen LogP contribution in [0.2, 0.25) is 0 Å². The van der Waals surface area contributed by atoms with Gasteiger partial charge in [-0.3, -0.25) is 4.79 Å². The van der Waals surface area contributed by atoms with Crippen molar-refractivity contribution in [2.75, 3.05) is 7.11 Å². The van der Waals surface area contributed by atoms with Crippen molar-refractivity contribution in [3.8, 4) is 5.75 Å². The predicted octanol–water partition coefficient (Wildman–Crippen LogP) is 4.92. The first-order valence-electron chi connectivity index (χ1n) is 8.89. The van der Waals surface area contributed by atoms with Crippen LogP contribution in [0.3, 0.4) is 0 Å². The topological polar surface area (TPSA) is 48.4 Å². The second-order valence-corrected chi connectivity index (χ2v) is 7.68. The molecular formula is C22H23NO3S. The minimum absolute atomic E-state index is 0.0206. The van der Waals surface area contributed by atoms with Crippen LogP contribution in [0.25, 0.3) is 0 Å². The van der Waals surface area contributed by atoms with Crippen LogP contribution in [0.5, 0.6) is 5.75 Å². The normalized spacial score (nSPS) is 11.8. The molecule has 27 heavy (non-hydrogen) atoms. The fourth-order valence-electron chi connectivity index (χ4n) is 2.84. The number of hydrogen-bond acceptors (Lipinski definition) is 5. The average molecular weight is 381 g/mol. The minimum atomic E-state index is -0.212. The number of carbonyl (C=O) groups excluding carboxylic acids is 1. The van der Waals surface area contributed by atoms with Crippen molar-refractivity contribution in [3.05, 3.63) is 81.8 Å². The molecule has 1 unspecified atom stereocenters. The molecule has 0 N–H and O–H groups in total. The maximum Gasteiger partial charge on any atom is 0.306 e. The van der Waals surface area contributed by atoms with E-state index in [1.165, 1.54) is 7.11 Å². The molecule has 1 heterocycles.